The minimum absolute atomic E-state index is 0.327. The number of para-hydroxylation sites is 1. The highest BCUT2D eigenvalue weighted by Crippen LogP contribution is 2.34. The van der Waals surface area contributed by atoms with Crippen LogP contribution in [-0.4, -0.2) is 14.2 Å². The highest BCUT2D eigenvalue weighted by molar-refractivity contribution is 9.10. The zero-order chi connectivity index (χ0) is 14.7. The molecule has 0 aliphatic rings. The van der Waals surface area contributed by atoms with Crippen molar-refractivity contribution >= 4 is 27.5 Å². The van der Waals surface area contributed by atoms with E-state index in [4.69, 9.17) is 16.3 Å². The molecule has 0 bridgehead atoms. The Morgan fingerprint density at radius 2 is 1.95 bits per heavy atom. The van der Waals surface area contributed by atoms with Gasteiger partial charge < -0.3 is 10.1 Å². The van der Waals surface area contributed by atoms with Gasteiger partial charge in [0, 0.05) is 15.6 Å². The van der Waals surface area contributed by atoms with E-state index >= 15 is 0 Å². The van der Waals surface area contributed by atoms with Gasteiger partial charge in [0.2, 0.25) is 0 Å². The Kier molecular flexibility index (Phi) is 5.02. The van der Waals surface area contributed by atoms with Crippen molar-refractivity contribution in [3.05, 3.63) is 62.8 Å². The van der Waals surface area contributed by atoms with Crippen LogP contribution < -0.4 is 10.1 Å². The summed E-state index contributed by atoms with van der Waals surface area (Å²) in [6.45, 7) is 0. The molecule has 0 spiro atoms. The molecular formula is C15H14BrClFNO. The Balaban J connectivity index is 2.55. The van der Waals surface area contributed by atoms with Gasteiger partial charge in [-0.05, 0) is 41.2 Å². The molecule has 5 heteroatoms. The number of hydrogen-bond acceptors (Lipinski definition) is 2. The lowest BCUT2D eigenvalue weighted by Gasteiger charge is -2.20. The first-order valence-electron chi connectivity index (χ1n) is 6.03. The summed E-state index contributed by atoms with van der Waals surface area (Å²) in [6.07, 6.45) is 0. The molecule has 0 amide bonds. The number of rotatable bonds is 4. The molecule has 0 saturated carbocycles. The zero-order valence-electron chi connectivity index (χ0n) is 11.1. The van der Waals surface area contributed by atoms with Gasteiger partial charge in [0.1, 0.15) is 11.6 Å². The third-order valence-corrected chi connectivity index (χ3v) is 4.29. The Bertz CT molecular complexity index is 621. The third-order valence-electron chi connectivity index (χ3n) is 3.09. The largest absolute Gasteiger partial charge is 0.496 e. The highest BCUT2D eigenvalue weighted by atomic mass is 79.9. The van der Waals surface area contributed by atoms with Crippen LogP contribution in [0.5, 0.6) is 5.75 Å². The van der Waals surface area contributed by atoms with Crippen LogP contribution in [0.4, 0.5) is 4.39 Å². The Labute approximate surface area is 131 Å². The van der Waals surface area contributed by atoms with Crippen molar-refractivity contribution in [2.45, 2.75) is 6.04 Å². The molecule has 0 aliphatic carbocycles. The number of halogens is 3. The topological polar surface area (TPSA) is 21.3 Å². The standard InChI is InChI=1S/C15H14BrClFNO/c1-19-15(9-5-3-4-6-14(9)20-2)10-7-12(17)11(16)8-13(10)18/h3-8,15,19H,1-2H3. The molecule has 20 heavy (non-hydrogen) atoms. The van der Waals surface area contributed by atoms with Gasteiger partial charge in [-0.3, -0.25) is 0 Å². The van der Waals surface area contributed by atoms with Crippen LogP contribution in [0, 0.1) is 5.82 Å². The minimum atomic E-state index is -0.336. The summed E-state index contributed by atoms with van der Waals surface area (Å²) < 4.78 is 20.1. The van der Waals surface area contributed by atoms with Gasteiger partial charge in [-0.1, -0.05) is 29.8 Å². The number of ether oxygens (including phenoxy) is 1. The molecule has 0 radical (unpaired) electrons. The summed E-state index contributed by atoms with van der Waals surface area (Å²) >= 11 is 9.29. The summed E-state index contributed by atoms with van der Waals surface area (Å²) in [4.78, 5) is 0. The van der Waals surface area contributed by atoms with E-state index < -0.39 is 0 Å². The fourth-order valence-corrected chi connectivity index (χ4v) is 2.63. The van der Waals surface area contributed by atoms with Crippen LogP contribution in [-0.2, 0) is 0 Å². The van der Waals surface area contributed by atoms with E-state index in [1.807, 2.05) is 24.3 Å². The molecule has 0 fully saturated rings. The Morgan fingerprint density at radius 3 is 2.60 bits per heavy atom. The Hall–Kier alpha value is -1.10. The van der Waals surface area contributed by atoms with Crippen molar-refractivity contribution in [2.75, 3.05) is 14.2 Å². The first-order valence-corrected chi connectivity index (χ1v) is 7.20. The van der Waals surface area contributed by atoms with E-state index in [0.717, 1.165) is 5.56 Å². The SMILES string of the molecule is CNC(c1cc(Cl)c(Br)cc1F)c1ccccc1OC. The summed E-state index contributed by atoms with van der Waals surface area (Å²) in [6, 6.07) is 10.2. The fraction of sp³-hybridized carbons (Fsp3) is 0.200. The predicted molar refractivity (Wildman–Crippen MR) is 83.0 cm³/mol. The summed E-state index contributed by atoms with van der Waals surface area (Å²) in [5.41, 5.74) is 1.33. The van der Waals surface area contributed by atoms with E-state index in [2.05, 4.69) is 21.2 Å². The van der Waals surface area contributed by atoms with Gasteiger partial charge in [-0.15, -0.1) is 0 Å². The van der Waals surface area contributed by atoms with E-state index in [1.165, 1.54) is 6.07 Å². The molecule has 2 nitrogen and oxygen atoms in total. The van der Waals surface area contributed by atoms with Gasteiger partial charge in [0.05, 0.1) is 18.2 Å². The van der Waals surface area contributed by atoms with E-state index in [9.17, 15) is 4.39 Å². The van der Waals surface area contributed by atoms with Crippen molar-refractivity contribution in [1.82, 2.24) is 5.32 Å². The lowest BCUT2D eigenvalue weighted by atomic mass is 9.97. The molecule has 1 N–H and O–H groups in total. The van der Waals surface area contributed by atoms with Crippen LogP contribution in [0.2, 0.25) is 5.02 Å². The summed E-state index contributed by atoms with van der Waals surface area (Å²) in [7, 11) is 3.36. The smallest absolute Gasteiger partial charge is 0.129 e. The predicted octanol–water partition coefficient (Wildman–Crippen LogP) is 4.56. The molecule has 2 aromatic carbocycles. The molecule has 0 saturated heterocycles. The van der Waals surface area contributed by atoms with Crippen molar-refractivity contribution in [2.24, 2.45) is 0 Å². The maximum Gasteiger partial charge on any atom is 0.129 e. The molecule has 0 aliphatic heterocycles. The minimum Gasteiger partial charge on any atom is -0.496 e. The second kappa shape index (κ2) is 6.57. The van der Waals surface area contributed by atoms with Crippen LogP contribution in [0.3, 0.4) is 0 Å². The number of benzene rings is 2. The second-order valence-electron chi connectivity index (χ2n) is 4.25. The van der Waals surface area contributed by atoms with Crippen LogP contribution in [0.1, 0.15) is 17.2 Å². The molecule has 1 atom stereocenters. The molecule has 2 aromatic rings. The van der Waals surface area contributed by atoms with Crippen LogP contribution in [0.15, 0.2) is 40.9 Å². The third kappa shape index (κ3) is 2.97. The fourth-order valence-electron chi connectivity index (χ4n) is 2.14. The van der Waals surface area contributed by atoms with E-state index in [-0.39, 0.29) is 11.9 Å². The normalized spacial score (nSPS) is 12.2. The van der Waals surface area contributed by atoms with Gasteiger partial charge in [-0.25, -0.2) is 4.39 Å². The summed E-state index contributed by atoms with van der Waals surface area (Å²) in [5, 5.41) is 3.57. The lowest BCUT2D eigenvalue weighted by molar-refractivity contribution is 0.404. The molecule has 1 unspecified atom stereocenters. The van der Waals surface area contributed by atoms with Gasteiger partial charge in [0.15, 0.2) is 0 Å². The quantitative estimate of drug-likeness (QED) is 0.809. The molecule has 0 aromatic heterocycles. The first-order chi connectivity index (χ1) is 9.58. The summed E-state index contributed by atoms with van der Waals surface area (Å²) in [5.74, 6) is 0.372. The maximum absolute atomic E-state index is 14.2. The number of hydrogen-bond donors (Lipinski definition) is 1. The maximum atomic E-state index is 14.2. The molecular weight excluding hydrogens is 345 g/mol. The van der Waals surface area contributed by atoms with Crippen LogP contribution >= 0.6 is 27.5 Å². The van der Waals surface area contributed by atoms with Crippen molar-refractivity contribution < 1.29 is 9.13 Å². The average Bonchev–Trinajstić information content (AvgIpc) is 2.45. The van der Waals surface area contributed by atoms with Crippen molar-refractivity contribution in [1.29, 1.82) is 0 Å². The van der Waals surface area contributed by atoms with E-state index in [0.29, 0.717) is 20.8 Å². The van der Waals surface area contributed by atoms with Crippen molar-refractivity contribution in [3.63, 3.8) is 0 Å². The second-order valence-corrected chi connectivity index (χ2v) is 5.51. The zero-order valence-corrected chi connectivity index (χ0v) is 13.4. The molecule has 106 valence electrons. The number of nitrogens with one attached hydrogen (secondary N) is 1. The highest BCUT2D eigenvalue weighted by Gasteiger charge is 2.20. The van der Waals surface area contributed by atoms with Gasteiger partial charge in [0.25, 0.3) is 0 Å². The van der Waals surface area contributed by atoms with E-state index in [1.54, 1.807) is 20.2 Å². The van der Waals surface area contributed by atoms with Crippen LogP contribution in [0.25, 0.3) is 0 Å². The monoisotopic (exact) mass is 357 g/mol. The Morgan fingerprint density at radius 1 is 1.25 bits per heavy atom. The van der Waals surface area contributed by atoms with Crippen molar-refractivity contribution in [3.8, 4) is 5.75 Å². The van der Waals surface area contributed by atoms with Gasteiger partial charge in [-0.2, -0.15) is 0 Å². The molecule has 2 rings (SSSR count). The number of methoxy groups -OCH3 is 1. The average molecular weight is 359 g/mol. The first kappa shape index (κ1) is 15.3. The molecule has 0 heterocycles. The van der Waals surface area contributed by atoms with Gasteiger partial charge >= 0.3 is 0 Å². The lowest BCUT2D eigenvalue weighted by Crippen LogP contribution is -2.19.